The zero-order valence-corrected chi connectivity index (χ0v) is 10.5. The van der Waals surface area contributed by atoms with Crippen LogP contribution in [0, 0.1) is 5.92 Å². The molecule has 0 fully saturated rings. The third kappa shape index (κ3) is 3.82. The number of halogens is 1. The van der Waals surface area contributed by atoms with Crippen molar-refractivity contribution in [2.45, 2.75) is 52.0 Å². The summed E-state index contributed by atoms with van der Waals surface area (Å²) in [6.45, 7) is 6.71. The Kier molecular flexibility index (Phi) is 5.09. The van der Waals surface area contributed by atoms with Gasteiger partial charge in [-0.2, -0.15) is 0 Å². The first-order valence-corrected chi connectivity index (χ1v) is 6.13. The Bertz CT molecular complexity index is 283. The monoisotopic (exact) mass is 229 g/mol. The molecule has 0 bridgehead atoms. The van der Waals surface area contributed by atoms with Crippen LogP contribution in [0.25, 0.3) is 0 Å². The van der Waals surface area contributed by atoms with Crippen LogP contribution in [0.2, 0.25) is 0 Å². The highest BCUT2D eigenvalue weighted by atomic mass is 35.5. The van der Waals surface area contributed by atoms with Gasteiger partial charge in [0, 0.05) is 6.04 Å². The van der Waals surface area contributed by atoms with Gasteiger partial charge >= 0.3 is 0 Å². The van der Waals surface area contributed by atoms with Crippen LogP contribution >= 0.6 is 11.6 Å². The minimum atomic E-state index is 0.439. The molecule has 0 aliphatic rings. The summed E-state index contributed by atoms with van der Waals surface area (Å²) in [5.41, 5.74) is 0. The van der Waals surface area contributed by atoms with E-state index in [0.717, 1.165) is 11.7 Å². The molecule has 1 atom stereocenters. The summed E-state index contributed by atoms with van der Waals surface area (Å²) in [6.07, 6.45) is 5.47. The topological polar surface area (TPSA) is 30.7 Å². The summed E-state index contributed by atoms with van der Waals surface area (Å²) < 4.78 is 2.08. The molecule has 0 saturated heterocycles. The van der Waals surface area contributed by atoms with Gasteiger partial charge in [-0.1, -0.05) is 26.7 Å². The summed E-state index contributed by atoms with van der Waals surface area (Å²) >= 11 is 5.78. The Labute approximate surface area is 96.8 Å². The first kappa shape index (κ1) is 12.5. The van der Waals surface area contributed by atoms with E-state index >= 15 is 0 Å². The molecule has 86 valence electrons. The Balaban J connectivity index is 2.43. The largest absolute Gasteiger partial charge is 0.314 e. The van der Waals surface area contributed by atoms with E-state index in [9.17, 15) is 0 Å². The van der Waals surface area contributed by atoms with Gasteiger partial charge in [0.2, 0.25) is 0 Å². The van der Waals surface area contributed by atoms with E-state index in [4.69, 9.17) is 11.6 Å². The van der Waals surface area contributed by atoms with Crippen LogP contribution in [-0.2, 0) is 5.88 Å². The molecular formula is C11H20ClN3. The van der Waals surface area contributed by atoms with Crippen LogP contribution in [-0.4, -0.2) is 14.8 Å². The first-order valence-electron chi connectivity index (χ1n) is 5.59. The fraction of sp³-hybridized carbons (Fsp3) is 0.818. The summed E-state index contributed by atoms with van der Waals surface area (Å²) in [5, 5.41) is 7.87. The maximum atomic E-state index is 5.78. The predicted molar refractivity (Wildman–Crippen MR) is 63.0 cm³/mol. The lowest BCUT2D eigenvalue weighted by Gasteiger charge is -2.15. The van der Waals surface area contributed by atoms with Crippen molar-refractivity contribution < 1.29 is 0 Å². The molecule has 1 rings (SSSR count). The molecule has 1 aromatic rings. The average molecular weight is 230 g/mol. The summed E-state index contributed by atoms with van der Waals surface area (Å²) in [4.78, 5) is 0. The third-order valence-electron chi connectivity index (χ3n) is 2.65. The van der Waals surface area contributed by atoms with Crippen LogP contribution in [0.3, 0.4) is 0 Å². The molecule has 0 radical (unpaired) electrons. The number of aromatic nitrogens is 3. The molecule has 0 N–H and O–H groups in total. The average Bonchev–Trinajstić information content (AvgIpc) is 2.64. The second-order valence-corrected chi connectivity index (χ2v) is 4.73. The van der Waals surface area contributed by atoms with Crippen molar-refractivity contribution in [3.63, 3.8) is 0 Å². The smallest absolute Gasteiger partial charge is 0.148 e. The van der Waals surface area contributed by atoms with Crippen LogP contribution in [0.5, 0.6) is 0 Å². The Morgan fingerprint density at radius 2 is 2.07 bits per heavy atom. The van der Waals surface area contributed by atoms with E-state index < -0.39 is 0 Å². The zero-order valence-electron chi connectivity index (χ0n) is 9.78. The molecule has 0 amide bonds. The zero-order chi connectivity index (χ0) is 11.3. The van der Waals surface area contributed by atoms with E-state index in [1.165, 1.54) is 19.3 Å². The highest BCUT2D eigenvalue weighted by Crippen LogP contribution is 2.18. The van der Waals surface area contributed by atoms with Crippen LogP contribution in [0.4, 0.5) is 0 Å². The fourth-order valence-electron chi connectivity index (χ4n) is 1.69. The van der Waals surface area contributed by atoms with Gasteiger partial charge in [-0.25, -0.2) is 0 Å². The first-order chi connectivity index (χ1) is 7.15. The minimum absolute atomic E-state index is 0.439. The number of hydrogen-bond donors (Lipinski definition) is 0. The minimum Gasteiger partial charge on any atom is -0.314 e. The molecule has 0 saturated carbocycles. The fourth-order valence-corrected chi connectivity index (χ4v) is 1.88. The number of rotatable bonds is 6. The Hall–Kier alpha value is -0.570. The molecule has 4 heteroatoms. The second-order valence-electron chi connectivity index (χ2n) is 4.46. The van der Waals surface area contributed by atoms with Crippen LogP contribution in [0.15, 0.2) is 6.33 Å². The number of nitrogens with zero attached hydrogens (tertiary/aromatic N) is 3. The molecule has 15 heavy (non-hydrogen) atoms. The molecule has 0 aromatic carbocycles. The summed E-state index contributed by atoms with van der Waals surface area (Å²) in [6, 6.07) is 0.451. The van der Waals surface area contributed by atoms with Crippen LogP contribution in [0.1, 0.15) is 51.9 Å². The van der Waals surface area contributed by atoms with Gasteiger partial charge in [0.1, 0.15) is 12.2 Å². The van der Waals surface area contributed by atoms with E-state index in [2.05, 4.69) is 35.5 Å². The van der Waals surface area contributed by atoms with Gasteiger partial charge in [-0.05, 0) is 19.3 Å². The highest BCUT2D eigenvalue weighted by molar-refractivity contribution is 6.16. The molecule has 3 nitrogen and oxygen atoms in total. The van der Waals surface area contributed by atoms with Crippen molar-refractivity contribution in [2.75, 3.05) is 0 Å². The number of hydrogen-bond acceptors (Lipinski definition) is 2. The van der Waals surface area contributed by atoms with Gasteiger partial charge in [-0.15, -0.1) is 21.8 Å². The summed E-state index contributed by atoms with van der Waals surface area (Å²) in [5.74, 6) is 2.09. The highest BCUT2D eigenvalue weighted by Gasteiger charge is 2.09. The van der Waals surface area contributed by atoms with Gasteiger partial charge in [0.25, 0.3) is 0 Å². The van der Waals surface area contributed by atoms with Crippen molar-refractivity contribution in [3.05, 3.63) is 12.2 Å². The lowest BCUT2D eigenvalue weighted by atomic mass is 10.0. The molecule has 1 aromatic heterocycles. The lowest BCUT2D eigenvalue weighted by Crippen LogP contribution is -2.07. The van der Waals surface area contributed by atoms with Crippen molar-refractivity contribution in [1.82, 2.24) is 14.8 Å². The quantitative estimate of drug-likeness (QED) is 0.700. The van der Waals surface area contributed by atoms with Crippen molar-refractivity contribution in [1.29, 1.82) is 0 Å². The standard InChI is InChI=1S/C11H20ClN3/c1-9(2)5-4-6-10(3)15-8-13-14-11(15)7-12/h8-10H,4-7H2,1-3H3. The van der Waals surface area contributed by atoms with Crippen molar-refractivity contribution in [3.8, 4) is 0 Å². The van der Waals surface area contributed by atoms with E-state index in [0.29, 0.717) is 11.9 Å². The predicted octanol–water partition coefficient (Wildman–Crippen LogP) is 3.40. The second kappa shape index (κ2) is 6.11. The van der Waals surface area contributed by atoms with Crippen molar-refractivity contribution >= 4 is 11.6 Å². The van der Waals surface area contributed by atoms with Crippen molar-refractivity contribution in [2.24, 2.45) is 5.92 Å². The van der Waals surface area contributed by atoms with Gasteiger partial charge in [-0.3, -0.25) is 0 Å². The third-order valence-corrected chi connectivity index (χ3v) is 2.88. The van der Waals surface area contributed by atoms with Crippen LogP contribution < -0.4 is 0 Å². The van der Waals surface area contributed by atoms with Gasteiger partial charge in [0.15, 0.2) is 0 Å². The number of alkyl halides is 1. The molecule has 1 unspecified atom stereocenters. The van der Waals surface area contributed by atoms with E-state index in [1.54, 1.807) is 6.33 Å². The Morgan fingerprint density at radius 1 is 1.33 bits per heavy atom. The molecule has 0 spiro atoms. The molecule has 0 aliphatic heterocycles. The Morgan fingerprint density at radius 3 is 2.67 bits per heavy atom. The normalized spacial score (nSPS) is 13.4. The maximum Gasteiger partial charge on any atom is 0.148 e. The van der Waals surface area contributed by atoms with Gasteiger partial charge < -0.3 is 4.57 Å². The molecule has 1 heterocycles. The van der Waals surface area contributed by atoms with E-state index in [-0.39, 0.29) is 0 Å². The van der Waals surface area contributed by atoms with E-state index in [1.807, 2.05) is 0 Å². The molecule has 0 aliphatic carbocycles. The SMILES string of the molecule is CC(C)CCCC(C)n1cnnc1CCl. The molecular weight excluding hydrogens is 210 g/mol. The lowest BCUT2D eigenvalue weighted by molar-refractivity contribution is 0.440. The maximum absolute atomic E-state index is 5.78. The summed E-state index contributed by atoms with van der Waals surface area (Å²) in [7, 11) is 0. The van der Waals surface area contributed by atoms with Gasteiger partial charge in [0.05, 0.1) is 5.88 Å².